The second-order valence-corrected chi connectivity index (χ2v) is 4.88. The molecule has 2 aromatic carbocycles. The molecule has 1 aromatic heterocycles. The molecular weight excluding hydrogens is 293 g/mol. The van der Waals surface area contributed by atoms with Gasteiger partial charge in [0.25, 0.3) is 5.91 Å². The van der Waals surface area contributed by atoms with Crippen LogP contribution in [0.25, 0.3) is 11.0 Å². The van der Waals surface area contributed by atoms with Crippen LogP contribution in [-0.2, 0) is 6.18 Å². The second kappa shape index (κ2) is 4.98. The average molecular weight is 304 g/mol. The van der Waals surface area contributed by atoms with Gasteiger partial charge in [0.2, 0.25) is 5.82 Å². The number of hydrogen-bond donors (Lipinski definition) is 0. The Kier molecular flexibility index (Phi) is 3.24. The summed E-state index contributed by atoms with van der Waals surface area (Å²) in [5.41, 5.74) is 1.09. The molecule has 3 aromatic rings. The topological polar surface area (TPSA) is 34.9 Å². The van der Waals surface area contributed by atoms with E-state index in [4.69, 9.17) is 0 Å². The first kappa shape index (κ1) is 14.3. The van der Waals surface area contributed by atoms with Crippen LogP contribution in [0.1, 0.15) is 21.7 Å². The number of imidazole rings is 1. The minimum Gasteiger partial charge on any atom is -0.268 e. The second-order valence-electron chi connectivity index (χ2n) is 4.88. The maximum Gasteiger partial charge on any atom is 0.450 e. The summed E-state index contributed by atoms with van der Waals surface area (Å²) >= 11 is 0. The van der Waals surface area contributed by atoms with E-state index in [0.717, 1.165) is 0 Å². The molecule has 0 unspecified atom stereocenters. The van der Waals surface area contributed by atoms with Gasteiger partial charge in [-0.1, -0.05) is 30.3 Å². The molecule has 0 bridgehead atoms. The lowest BCUT2D eigenvalue weighted by Crippen LogP contribution is -2.21. The van der Waals surface area contributed by atoms with E-state index in [1.165, 1.54) is 18.2 Å². The molecule has 0 saturated heterocycles. The van der Waals surface area contributed by atoms with E-state index in [0.29, 0.717) is 10.1 Å². The molecule has 0 aliphatic carbocycles. The number of carbonyl (C=O) groups is 1. The van der Waals surface area contributed by atoms with Gasteiger partial charge in [-0.2, -0.15) is 13.2 Å². The Morgan fingerprint density at radius 1 is 1.05 bits per heavy atom. The van der Waals surface area contributed by atoms with Crippen molar-refractivity contribution in [1.82, 2.24) is 9.55 Å². The average Bonchev–Trinajstić information content (AvgIpc) is 2.88. The number of benzene rings is 2. The van der Waals surface area contributed by atoms with Crippen molar-refractivity contribution >= 4 is 16.9 Å². The Bertz CT molecular complexity index is 851. The van der Waals surface area contributed by atoms with Crippen molar-refractivity contribution in [3.05, 3.63) is 65.5 Å². The van der Waals surface area contributed by atoms with E-state index in [1.807, 2.05) is 0 Å². The number of rotatable bonds is 1. The third kappa shape index (κ3) is 2.26. The SMILES string of the molecule is Cc1cccc2c1nc(C(F)(F)F)n2C(=O)c1ccccc1. The van der Waals surface area contributed by atoms with Gasteiger partial charge in [-0.15, -0.1) is 0 Å². The zero-order valence-corrected chi connectivity index (χ0v) is 11.6. The fourth-order valence-corrected chi connectivity index (χ4v) is 2.34. The van der Waals surface area contributed by atoms with Gasteiger partial charge in [-0.05, 0) is 30.7 Å². The van der Waals surface area contributed by atoms with Crippen LogP contribution in [-0.4, -0.2) is 15.5 Å². The zero-order valence-electron chi connectivity index (χ0n) is 11.6. The summed E-state index contributed by atoms with van der Waals surface area (Å²) in [6.07, 6.45) is -4.71. The number of hydrogen-bond acceptors (Lipinski definition) is 2. The molecule has 22 heavy (non-hydrogen) atoms. The number of aryl methyl sites for hydroxylation is 1. The summed E-state index contributed by atoms with van der Waals surface area (Å²) in [6.45, 7) is 1.66. The van der Waals surface area contributed by atoms with Crippen LogP contribution in [0.2, 0.25) is 0 Å². The molecule has 1 heterocycles. The Morgan fingerprint density at radius 2 is 1.73 bits per heavy atom. The van der Waals surface area contributed by atoms with Gasteiger partial charge >= 0.3 is 6.18 Å². The summed E-state index contributed by atoms with van der Waals surface area (Å²) in [5.74, 6) is -1.95. The van der Waals surface area contributed by atoms with Crippen LogP contribution in [0, 0.1) is 6.92 Å². The van der Waals surface area contributed by atoms with Crippen LogP contribution in [0.5, 0.6) is 0 Å². The molecule has 0 aliphatic heterocycles. The number of para-hydroxylation sites is 1. The number of carbonyl (C=O) groups excluding carboxylic acids is 1. The predicted molar refractivity (Wildman–Crippen MR) is 75.6 cm³/mol. The van der Waals surface area contributed by atoms with Gasteiger partial charge < -0.3 is 0 Å². The van der Waals surface area contributed by atoms with E-state index in [1.54, 1.807) is 37.3 Å². The maximum atomic E-state index is 13.3. The van der Waals surface area contributed by atoms with Crippen LogP contribution in [0.3, 0.4) is 0 Å². The first-order valence-electron chi connectivity index (χ1n) is 6.54. The minimum absolute atomic E-state index is 0.154. The fraction of sp³-hybridized carbons (Fsp3) is 0.125. The third-order valence-corrected chi connectivity index (χ3v) is 3.36. The van der Waals surface area contributed by atoms with Crippen molar-refractivity contribution in [3.8, 4) is 0 Å². The molecule has 0 amide bonds. The van der Waals surface area contributed by atoms with Gasteiger partial charge in [0, 0.05) is 5.56 Å². The van der Waals surface area contributed by atoms with Gasteiger partial charge in [-0.25, -0.2) is 4.98 Å². The molecule has 0 saturated carbocycles. The molecule has 0 aliphatic rings. The van der Waals surface area contributed by atoms with Crippen molar-refractivity contribution < 1.29 is 18.0 Å². The zero-order chi connectivity index (χ0) is 15.9. The normalized spacial score (nSPS) is 11.8. The lowest BCUT2D eigenvalue weighted by atomic mass is 10.2. The Labute approximate surface area is 124 Å². The monoisotopic (exact) mass is 304 g/mol. The standard InChI is InChI=1S/C16H11F3N2O/c1-10-6-5-9-12-13(10)20-15(16(17,18)19)21(12)14(22)11-7-3-2-4-8-11/h2-9H,1H3. The first-order valence-corrected chi connectivity index (χ1v) is 6.54. The number of nitrogens with zero attached hydrogens (tertiary/aromatic N) is 2. The van der Waals surface area contributed by atoms with Crippen LogP contribution in [0.4, 0.5) is 13.2 Å². The number of alkyl halides is 3. The summed E-state index contributed by atoms with van der Waals surface area (Å²) in [4.78, 5) is 16.2. The molecule has 0 fully saturated rings. The minimum atomic E-state index is -4.71. The lowest BCUT2D eigenvalue weighted by Gasteiger charge is -2.10. The summed E-state index contributed by atoms with van der Waals surface area (Å²) < 4.78 is 40.4. The molecule has 0 atom stereocenters. The van der Waals surface area contributed by atoms with Crippen molar-refractivity contribution in [2.75, 3.05) is 0 Å². The number of halogens is 3. The van der Waals surface area contributed by atoms with E-state index in [-0.39, 0.29) is 16.6 Å². The highest BCUT2D eigenvalue weighted by molar-refractivity contribution is 6.02. The highest BCUT2D eigenvalue weighted by atomic mass is 19.4. The van der Waals surface area contributed by atoms with Gasteiger partial charge in [0.1, 0.15) is 0 Å². The van der Waals surface area contributed by atoms with E-state index >= 15 is 0 Å². The van der Waals surface area contributed by atoms with Crippen LogP contribution < -0.4 is 0 Å². The largest absolute Gasteiger partial charge is 0.450 e. The lowest BCUT2D eigenvalue weighted by molar-refractivity contribution is -0.145. The quantitative estimate of drug-likeness (QED) is 0.679. The molecule has 3 nitrogen and oxygen atoms in total. The molecule has 3 rings (SSSR count). The summed E-state index contributed by atoms with van der Waals surface area (Å²) in [6, 6.07) is 12.6. The highest BCUT2D eigenvalue weighted by Crippen LogP contribution is 2.32. The summed E-state index contributed by atoms with van der Waals surface area (Å²) in [5, 5.41) is 0. The van der Waals surface area contributed by atoms with E-state index in [9.17, 15) is 18.0 Å². The van der Waals surface area contributed by atoms with Crippen LogP contribution >= 0.6 is 0 Å². The molecule has 112 valence electrons. The Balaban J connectivity index is 2.32. The number of aromatic nitrogens is 2. The molecule has 0 radical (unpaired) electrons. The van der Waals surface area contributed by atoms with Gasteiger partial charge in [0.05, 0.1) is 11.0 Å². The fourth-order valence-electron chi connectivity index (χ4n) is 2.34. The highest BCUT2D eigenvalue weighted by Gasteiger charge is 2.39. The van der Waals surface area contributed by atoms with Crippen molar-refractivity contribution in [2.24, 2.45) is 0 Å². The number of fused-ring (bicyclic) bond motifs is 1. The van der Waals surface area contributed by atoms with Gasteiger partial charge in [-0.3, -0.25) is 9.36 Å². The first-order chi connectivity index (χ1) is 10.4. The third-order valence-electron chi connectivity index (χ3n) is 3.36. The van der Waals surface area contributed by atoms with Crippen molar-refractivity contribution in [1.29, 1.82) is 0 Å². The molecule has 6 heteroatoms. The van der Waals surface area contributed by atoms with E-state index in [2.05, 4.69) is 4.98 Å². The van der Waals surface area contributed by atoms with Crippen molar-refractivity contribution in [2.45, 2.75) is 13.1 Å². The Morgan fingerprint density at radius 3 is 2.36 bits per heavy atom. The molecule has 0 spiro atoms. The Hall–Kier alpha value is -2.63. The predicted octanol–water partition coefficient (Wildman–Crippen LogP) is 4.05. The smallest absolute Gasteiger partial charge is 0.268 e. The van der Waals surface area contributed by atoms with Crippen molar-refractivity contribution in [3.63, 3.8) is 0 Å². The van der Waals surface area contributed by atoms with Crippen LogP contribution in [0.15, 0.2) is 48.5 Å². The molecular formula is C16H11F3N2O. The molecule has 0 N–H and O–H groups in total. The van der Waals surface area contributed by atoms with Gasteiger partial charge in [0.15, 0.2) is 0 Å². The van der Waals surface area contributed by atoms with E-state index < -0.39 is 17.9 Å². The maximum absolute atomic E-state index is 13.3. The summed E-state index contributed by atoms with van der Waals surface area (Å²) in [7, 11) is 0.